The standard InChI is InChI=1S/C27H24FN5O4/c1-32(15-20-6-7-21(13-30-20)33-9-8-24(34)31-27(33)36)14-16-2-4-17(5-3-16)23-11-18-10-19(28)12-22(26(29)35)25(18)37-23/h2-7,10-13H,8-9,14-15H2,1H3,(H2,29,35)(H,31,34,36). The Labute approximate surface area is 211 Å². The van der Waals surface area contributed by atoms with Crippen LogP contribution < -0.4 is 16.0 Å². The number of pyridine rings is 1. The fourth-order valence-electron chi connectivity index (χ4n) is 4.34. The van der Waals surface area contributed by atoms with Crippen LogP contribution in [0, 0.1) is 5.82 Å². The highest BCUT2D eigenvalue weighted by Gasteiger charge is 2.24. The van der Waals surface area contributed by atoms with E-state index in [1.54, 1.807) is 12.3 Å². The molecule has 9 nitrogen and oxygen atoms in total. The van der Waals surface area contributed by atoms with Crippen LogP contribution in [-0.2, 0) is 17.9 Å². The first-order chi connectivity index (χ1) is 17.8. The monoisotopic (exact) mass is 501 g/mol. The number of nitrogens with one attached hydrogen (secondary N) is 1. The molecule has 188 valence electrons. The zero-order chi connectivity index (χ0) is 26.1. The highest BCUT2D eigenvalue weighted by Crippen LogP contribution is 2.31. The minimum absolute atomic E-state index is 0.00966. The van der Waals surface area contributed by atoms with Crippen molar-refractivity contribution in [2.24, 2.45) is 5.73 Å². The first-order valence-electron chi connectivity index (χ1n) is 11.6. The first kappa shape index (κ1) is 24.1. The highest BCUT2D eigenvalue weighted by molar-refractivity contribution is 6.06. The summed E-state index contributed by atoms with van der Waals surface area (Å²) in [6.45, 7) is 1.59. The van der Waals surface area contributed by atoms with E-state index in [0.717, 1.165) is 22.9 Å². The smallest absolute Gasteiger partial charge is 0.328 e. The van der Waals surface area contributed by atoms with Gasteiger partial charge in [-0.15, -0.1) is 0 Å². The molecule has 0 unspecified atom stereocenters. The fraction of sp³-hybridized carbons (Fsp3) is 0.185. The molecule has 5 rings (SSSR count). The fourth-order valence-corrected chi connectivity index (χ4v) is 4.34. The van der Waals surface area contributed by atoms with Gasteiger partial charge in [0, 0.05) is 37.0 Å². The van der Waals surface area contributed by atoms with E-state index in [1.165, 1.54) is 11.0 Å². The number of amides is 4. The van der Waals surface area contributed by atoms with Crippen LogP contribution in [0.4, 0.5) is 14.9 Å². The van der Waals surface area contributed by atoms with Gasteiger partial charge in [0.1, 0.15) is 17.2 Å². The summed E-state index contributed by atoms with van der Waals surface area (Å²) in [6.07, 6.45) is 1.90. The van der Waals surface area contributed by atoms with Crippen LogP contribution in [0.25, 0.3) is 22.3 Å². The third kappa shape index (κ3) is 5.19. The summed E-state index contributed by atoms with van der Waals surface area (Å²) in [5, 5.41) is 2.78. The molecule has 4 amide bonds. The van der Waals surface area contributed by atoms with Crippen molar-refractivity contribution in [2.45, 2.75) is 19.5 Å². The van der Waals surface area contributed by atoms with Crippen molar-refractivity contribution < 1.29 is 23.2 Å². The van der Waals surface area contributed by atoms with Gasteiger partial charge in [0.2, 0.25) is 5.91 Å². The maximum Gasteiger partial charge on any atom is 0.328 e. The molecule has 1 saturated heterocycles. The Hall–Kier alpha value is -4.57. The Bertz CT molecular complexity index is 1500. The average molecular weight is 502 g/mol. The molecule has 10 heteroatoms. The zero-order valence-corrected chi connectivity index (χ0v) is 20.0. The number of halogens is 1. The number of carbonyl (C=O) groups excluding carboxylic acids is 3. The normalized spacial score (nSPS) is 13.9. The van der Waals surface area contributed by atoms with Crippen LogP contribution in [0.3, 0.4) is 0 Å². The zero-order valence-electron chi connectivity index (χ0n) is 20.0. The Morgan fingerprint density at radius 1 is 1.14 bits per heavy atom. The molecular formula is C27H24FN5O4. The van der Waals surface area contributed by atoms with Crippen LogP contribution in [0.15, 0.2) is 65.2 Å². The topological polar surface area (TPSA) is 122 Å². The average Bonchev–Trinajstić information content (AvgIpc) is 3.28. The van der Waals surface area contributed by atoms with Crippen LogP contribution in [-0.4, -0.2) is 41.3 Å². The Morgan fingerprint density at radius 2 is 1.92 bits per heavy atom. The molecule has 0 aliphatic carbocycles. The van der Waals surface area contributed by atoms with Crippen LogP contribution in [0.5, 0.6) is 0 Å². The summed E-state index contributed by atoms with van der Waals surface area (Å²) in [4.78, 5) is 43.1. The molecule has 37 heavy (non-hydrogen) atoms. The largest absolute Gasteiger partial charge is 0.455 e. The van der Waals surface area contributed by atoms with Crippen molar-refractivity contribution in [3.8, 4) is 11.3 Å². The van der Waals surface area contributed by atoms with Gasteiger partial charge in [-0.3, -0.25) is 29.7 Å². The van der Waals surface area contributed by atoms with E-state index in [9.17, 15) is 18.8 Å². The lowest BCUT2D eigenvalue weighted by atomic mass is 10.1. The van der Waals surface area contributed by atoms with Gasteiger partial charge in [0.05, 0.1) is 23.1 Å². The van der Waals surface area contributed by atoms with E-state index in [4.69, 9.17) is 10.2 Å². The lowest BCUT2D eigenvalue weighted by Crippen LogP contribution is -2.49. The van der Waals surface area contributed by atoms with Gasteiger partial charge in [0.25, 0.3) is 5.91 Å². The molecule has 0 saturated carbocycles. The molecule has 0 atom stereocenters. The molecule has 0 radical (unpaired) electrons. The van der Waals surface area contributed by atoms with Crippen LogP contribution >= 0.6 is 0 Å². The molecule has 1 fully saturated rings. The molecular weight excluding hydrogens is 477 g/mol. The predicted molar refractivity (Wildman–Crippen MR) is 135 cm³/mol. The number of urea groups is 1. The lowest BCUT2D eigenvalue weighted by molar-refractivity contribution is -0.120. The number of aromatic nitrogens is 1. The number of hydrogen-bond donors (Lipinski definition) is 2. The number of furan rings is 1. The van der Waals surface area contributed by atoms with E-state index < -0.39 is 17.8 Å². The number of primary amides is 1. The second-order valence-corrected chi connectivity index (χ2v) is 8.98. The molecule has 2 aromatic carbocycles. The van der Waals surface area contributed by atoms with E-state index in [2.05, 4.69) is 15.2 Å². The number of rotatable bonds is 7. The van der Waals surface area contributed by atoms with Gasteiger partial charge in [-0.05, 0) is 42.9 Å². The third-order valence-electron chi connectivity index (χ3n) is 6.14. The quantitative estimate of drug-likeness (QED) is 0.397. The van der Waals surface area contributed by atoms with Crippen LogP contribution in [0.2, 0.25) is 0 Å². The molecule has 0 bridgehead atoms. The Morgan fingerprint density at radius 3 is 2.59 bits per heavy atom. The Kier molecular flexibility index (Phi) is 6.41. The highest BCUT2D eigenvalue weighted by atomic mass is 19.1. The van der Waals surface area contributed by atoms with Crippen molar-refractivity contribution in [3.63, 3.8) is 0 Å². The van der Waals surface area contributed by atoms with Gasteiger partial charge in [0.15, 0.2) is 0 Å². The lowest BCUT2D eigenvalue weighted by Gasteiger charge is -2.26. The van der Waals surface area contributed by atoms with Gasteiger partial charge < -0.3 is 10.2 Å². The number of benzene rings is 2. The molecule has 0 spiro atoms. The molecule has 2 aromatic heterocycles. The Balaban J connectivity index is 1.23. The number of anilines is 1. The molecule has 1 aliphatic rings. The van der Waals surface area contributed by atoms with Gasteiger partial charge in [-0.25, -0.2) is 9.18 Å². The molecule has 4 aromatic rings. The predicted octanol–water partition coefficient (Wildman–Crippen LogP) is 3.81. The van der Waals surface area contributed by atoms with Gasteiger partial charge in [-0.2, -0.15) is 0 Å². The number of hydrogen-bond acceptors (Lipinski definition) is 6. The minimum Gasteiger partial charge on any atom is -0.455 e. The van der Waals surface area contributed by atoms with Crippen molar-refractivity contribution in [1.29, 1.82) is 0 Å². The maximum absolute atomic E-state index is 13.8. The second-order valence-electron chi connectivity index (χ2n) is 8.98. The second kappa shape index (κ2) is 9.82. The molecule has 1 aliphatic heterocycles. The van der Waals surface area contributed by atoms with Gasteiger partial charge in [-0.1, -0.05) is 24.3 Å². The minimum atomic E-state index is -0.749. The van der Waals surface area contributed by atoms with Gasteiger partial charge >= 0.3 is 6.03 Å². The summed E-state index contributed by atoms with van der Waals surface area (Å²) in [7, 11) is 1.98. The van der Waals surface area contributed by atoms with Crippen molar-refractivity contribution in [3.05, 3.63) is 83.4 Å². The first-order valence-corrected chi connectivity index (χ1v) is 11.6. The summed E-state index contributed by atoms with van der Waals surface area (Å²) in [5.74, 6) is -1.06. The molecule has 3 N–H and O–H groups in total. The SMILES string of the molecule is CN(Cc1ccc(-c2cc3cc(F)cc(C(N)=O)c3o2)cc1)Cc1ccc(N2CCC(=O)NC2=O)cn1. The van der Waals surface area contributed by atoms with Crippen molar-refractivity contribution >= 4 is 34.5 Å². The maximum atomic E-state index is 13.8. The van der Waals surface area contributed by atoms with E-state index in [0.29, 0.717) is 36.5 Å². The number of carbonyl (C=O) groups is 3. The van der Waals surface area contributed by atoms with E-state index >= 15 is 0 Å². The van der Waals surface area contributed by atoms with Crippen molar-refractivity contribution in [1.82, 2.24) is 15.2 Å². The van der Waals surface area contributed by atoms with E-state index in [-0.39, 0.29) is 23.5 Å². The third-order valence-corrected chi connectivity index (χ3v) is 6.14. The van der Waals surface area contributed by atoms with E-state index in [1.807, 2.05) is 43.4 Å². The number of fused-ring (bicyclic) bond motifs is 1. The number of imide groups is 1. The number of nitrogens with zero attached hydrogens (tertiary/aromatic N) is 3. The number of nitrogens with two attached hydrogens (primary N) is 1. The summed E-state index contributed by atoms with van der Waals surface area (Å²) >= 11 is 0. The summed E-state index contributed by atoms with van der Waals surface area (Å²) in [6, 6.07) is 15.1. The summed E-state index contributed by atoms with van der Waals surface area (Å²) < 4.78 is 19.7. The van der Waals surface area contributed by atoms with Crippen LogP contribution in [0.1, 0.15) is 28.0 Å². The molecule has 3 heterocycles. The van der Waals surface area contributed by atoms with Crippen molar-refractivity contribution in [2.75, 3.05) is 18.5 Å². The summed E-state index contributed by atoms with van der Waals surface area (Å²) in [5.41, 5.74) is 8.98.